The van der Waals surface area contributed by atoms with Crippen LogP contribution in [-0.2, 0) is 4.79 Å². The first-order valence-corrected chi connectivity index (χ1v) is 6.65. The van der Waals surface area contributed by atoms with Gasteiger partial charge >= 0.3 is 0 Å². The van der Waals surface area contributed by atoms with E-state index in [9.17, 15) is 4.79 Å². The highest BCUT2D eigenvalue weighted by molar-refractivity contribution is 9.11. The number of hydrogen-bond donors (Lipinski definition) is 2. The lowest BCUT2D eigenvalue weighted by molar-refractivity contribution is -0.118. The van der Waals surface area contributed by atoms with Gasteiger partial charge in [-0.15, -0.1) is 0 Å². The molecule has 1 rings (SSSR count). The molecule has 1 heterocycles. The number of rotatable bonds is 4. The van der Waals surface area contributed by atoms with Crippen LogP contribution in [0.15, 0.2) is 9.98 Å². The summed E-state index contributed by atoms with van der Waals surface area (Å²) in [6.07, 6.45) is 1.63. The zero-order chi connectivity index (χ0) is 12.3. The van der Waals surface area contributed by atoms with Gasteiger partial charge in [0.1, 0.15) is 0 Å². The molecule has 0 fully saturated rings. The van der Waals surface area contributed by atoms with E-state index in [-0.39, 0.29) is 16.8 Å². The number of hydrogen-bond acceptors (Lipinski definition) is 4. The Morgan fingerprint density at radius 2 is 2.31 bits per heavy atom. The maximum Gasteiger partial charge on any atom is 0.236 e. The molecule has 1 aromatic heterocycles. The lowest BCUT2D eigenvalue weighted by Gasteiger charge is -2.17. The number of thiocarbonyl (C=S) groups is 1. The Kier molecular flexibility index (Phi) is 4.82. The quantitative estimate of drug-likeness (QED) is 0.835. The monoisotopic (exact) mass is 321 g/mol. The summed E-state index contributed by atoms with van der Waals surface area (Å²) in [7, 11) is 0. The number of thiazole rings is 1. The highest BCUT2D eigenvalue weighted by Crippen LogP contribution is 2.24. The highest BCUT2D eigenvalue weighted by Gasteiger charge is 2.25. The second-order valence-electron chi connectivity index (χ2n) is 3.58. The molecule has 0 spiro atoms. The molecule has 1 atom stereocenters. The van der Waals surface area contributed by atoms with E-state index >= 15 is 0 Å². The normalized spacial score (nSPS) is 12.5. The lowest BCUT2D eigenvalue weighted by Crippen LogP contribution is -2.36. The SMILES string of the molecule is CC(C)C(C(=O)Nc1ncc(Br)s1)C(N)=S. The smallest absolute Gasteiger partial charge is 0.236 e. The third-order valence-corrected chi connectivity index (χ3v) is 3.61. The van der Waals surface area contributed by atoms with Crippen LogP contribution in [0.3, 0.4) is 0 Å². The molecule has 0 aromatic carbocycles. The first-order chi connectivity index (χ1) is 7.41. The molecule has 0 bridgehead atoms. The van der Waals surface area contributed by atoms with Crippen molar-refractivity contribution in [2.24, 2.45) is 17.6 Å². The van der Waals surface area contributed by atoms with Gasteiger partial charge in [0.2, 0.25) is 5.91 Å². The standard InChI is InChI=1S/C9H12BrN3OS2/c1-4(2)6(7(11)15)8(14)13-9-12-3-5(10)16-9/h3-4,6H,1-2H3,(H2,11,15)(H,12,13,14). The number of aromatic nitrogens is 1. The zero-order valence-corrected chi connectivity index (χ0v) is 12.1. The van der Waals surface area contributed by atoms with Crippen molar-refractivity contribution in [1.29, 1.82) is 0 Å². The number of amides is 1. The van der Waals surface area contributed by atoms with Gasteiger partial charge in [0.25, 0.3) is 0 Å². The van der Waals surface area contributed by atoms with E-state index in [1.165, 1.54) is 11.3 Å². The average molecular weight is 322 g/mol. The molecule has 0 aliphatic rings. The minimum atomic E-state index is -0.460. The number of carbonyl (C=O) groups excluding carboxylic acids is 1. The molecule has 4 nitrogen and oxygen atoms in total. The molecule has 0 saturated carbocycles. The van der Waals surface area contributed by atoms with Crippen LogP contribution in [0.5, 0.6) is 0 Å². The van der Waals surface area contributed by atoms with Gasteiger partial charge in [0, 0.05) is 0 Å². The van der Waals surface area contributed by atoms with Crippen molar-refractivity contribution >= 4 is 55.5 Å². The van der Waals surface area contributed by atoms with Gasteiger partial charge in [-0.2, -0.15) is 0 Å². The van der Waals surface area contributed by atoms with Gasteiger partial charge in [-0.1, -0.05) is 37.4 Å². The van der Waals surface area contributed by atoms with Gasteiger partial charge < -0.3 is 11.1 Å². The molecule has 1 amide bonds. The first kappa shape index (κ1) is 13.5. The second kappa shape index (κ2) is 5.70. The molecule has 7 heteroatoms. The summed E-state index contributed by atoms with van der Waals surface area (Å²) in [5.74, 6) is -0.595. The van der Waals surface area contributed by atoms with E-state index in [4.69, 9.17) is 18.0 Å². The summed E-state index contributed by atoms with van der Waals surface area (Å²) in [4.78, 5) is 16.1. The molecule has 16 heavy (non-hydrogen) atoms. The van der Waals surface area contributed by atoms with E-state index in [0.29, 0.717) is 5.13 Å². The van der Waals surface area contributed by atoms with Crippen molar-refractivity contribution in [1.82, 2.24) is 4.98 Å². The summed E-state index contributed by atoms with van der Waals surface area (Å²) in [5, 5.41) is 3.24. The van der Waals surface area contributed by atoms with Crippen molar-refractivity contribution < 1.29 is 4.79 Å². The second-order valence-corrected chi connectivity index (χ2v) is 6.46. The highest BCUT2D eigenvalue weighted by atomic mass is 79.9. The number of nitrogens with zero attached hydrogens (tertiary/aromatic N) is 1. The summed E-state index contributed by atoms with van der Waals surface area (Å²) >= 11 is 9.50. The van der Waals surface area contributed by atoms with Gasteiger partial charge in [-0.25, -0.2) is 4.98 Å². The number of halogens is 1. The topological polar surface area (TPSA) is 68.0 Å². The summed E-state index contributed by atoms with van der Waals surface area (Å²) in [6.45, 7) is 3.81. The predicted molar refractivity (Wildman–Crippen MR) is 73.6 cm³/mol. The molecule has 3 N–H and O–H groups in total. The third kappa shape index (κ3) is 3.50. The van der Waals surface area contributed by atoms with Crippen LogP contribution in [0, 0.1) is 11.8 Å². The van der Waals surface area contributed by atoms with Gasteiger partial charge in [-0.05, 0) is 21.8 Å². The molecule has 0 radical (unpaired) electrons. The predicted octanol–water partition coefficient (Wildman–Crippen LogP) is 2.40. The van der Waals surface area contributed by atoms with Crippen LogP contribution < -0.4 is 11.1 Å². The fourth-order valence-electron chi connectivity index (χ4n) is 1.26. The lowest BCUT2D eigenvalue weighted by atomic mass is 9.95. The fourth-order valence-corrected chi connectivity index (χ4v) is 2.74. The summed E-state index contributed by atoms with van der Waals surface area (Å²) < 4.78 is 0.860. The molecular formula is C9H12BrN3OS2. The number of carbonyl (C=O) groups is 1. The molecule has 88 valence electrons. The Morgan fingerprint density at radius 1 is 1.69 bits per heavy atom. The van der Waals surface area contributed by atoms with Crippen LogP contribution in [0.25, 0.3) is 0 Å². The van der Waals surface area contributed by atoms with Crippen LogP contribution in [0.2, 0.25) is 0 Å². The van der Waals surface area contributed by atoms with Gasteiger partial charge in [-0.3, -0.25) is 4.79 Å². The molecule has 1 aromatic rings. The Bertz CT molecular complexity index is 405. The van der Waals surface area contributed by atoms with Crippen LogP contribution >= 0.6 is 39.5 Å². The van der Waals surface area contributed by atoms with E-state index in [2.05, 4.69) is 26.2 Å². The van der Waals surface area contributed by atoms with Crippen LogP contribution in [0.1, 0.15) is 13.8 Å². The Morgan fingerprint density at radius 3 is 2.69 bits per heavy atom. The van der Waals surface area contributed by atoms with Crippen molar-refractivity contribution in [3.63, 3.8) is 0 Å². The van der Waals surface area contributed by atoms with Crippen LogP contribution in [-0.4, -0.2) is 15.9 Å². The van der Waals surface area contributed by atoms with Crippen molar-refractivity contribution in [2.75, 3.05) is 5.32 Å². The molecule has 1 unspecified atom stereocenters. The van der Waals surface area contributed by atoms with E-state index in [0.717, 1.165) is 3.79 Å². The Balaban J connectivity index is 2.73. The molecule has 0 aliphatic heterocycles. The maximum absolute atomic E-state index is 11.9. The van der Waals surface area contributed by atoms with Crippen molar-refractivity contribution in [2.45, 2.75) is 13.8 Å². The molecule has 0 aliphatic carbocycles. The Labute approximate surface area is 112 Å². The largest absolute Gasteiger partial charge is 0.393 e. The fraction of sp³-hybridized carbons (Fsp3) is 0.444. The zero-order valence-electron chi connectivity index (χ0n) is 8.86. The summed E-state index contributed by atoms with van der Waals surface area (Å²) in [6, 6.07) is 0. The molecular weight excluding hydrogens is 310 g/mol. The van der Waals surface area contributed by atoms with Gasteiger partial charge in [0.15, 0.2) is 5.13 Å². The minimum absolute atomic E-state index is 0.0703. The van der Waals surface area contributed by atoms with Crippen LogP contribution in [0.4, 0.5) is 5.13 Å². The average Bonchev–Trinajstić information content (AvgIpc) is 2.49. The minimum Gasteiger partial charge on any atom is -0.393 e. The third-order valence-electron chi connectivity index (χ3n) is 1.96. The maximum atomic E-state index is 11.9. The Hall–Kier alpha value is -0.530. The number of nitrogens with one attached hydrogen (secondary N) is 1. The molecule has 0 saturated heterocycles. The number of nitrogens with two attached hydrogens (primary N) is 1. The van der Waals surface area contributed by atoms with Gasteiger partial charge in [0.05, 0.1) is 20.9 Å². The van der Waals surface area contributed by atoms with Crippen molar-refractivity contribution in [3.05, 3.63) is 9.98 Å². The van der Waals surface area contributed by atoms with Crippen molar-refractivity contribution in [3.8, 4) is 0 Å². The first-order valence-electron chi connectivity index (χ1n) is 4.63. The van der Waals surface area contributed by atoms with E-state index in [1.54, 1.807) is 6.20 Å². The number of anilines is 1. The van der Waals surface area contributed by atoms with E-state index in [1.807, 2.05) is 13.8 Å². The van der Waals surface area contributed by atoms with E-state index < -0.39 is 5.92 Å². The summed E-state index contributed by atoms with van der Waals surface area (Å²) in [5.41, 5.74) is 5.54.